The molecule has 4 rings (SSSR count). The molecule has 1 aromatic carbocycles. The van der Waals surface area contributed by atoms with Gasteiger partial charge in [-0.05, 0) is 54.3 Å². The first-order valence-electron chi connectivity index (χ1n) is 9.04. The van der Waals surface area contributed by atoms with E-state index in [1.54, 1.807) is 17.8 Å². The number of anilines is 1. The maximum absolute atomic E-state index is 12.6. The van der Waals surface area contributed by atoms with Crippen LogP contribution in [0.4, 0.5) is 5.69 Å². The summed E-state index contributed by atoms with van der Waals surface area (Å²) in [6, 6.07) is 13.8. The summed E-state index contributed by atoms with van der Waals surface area (Å²) < 4.78 is 1.60. The van der Waals surface area contributed by atoms with Crippen molar-refractivity contribution in [2.75, 3.05) is 4.90 Å². The fraction of sp³-hybridized carbons (Fsp3) is 0.227. The van der Waals surface area contributed by atoms with Gasteiger partial charge in [-0.25, -0.2) is 0 Å². The maximum atomic E-state index is 12.6. The monoisotopic (exact) mass is 359 g/mol. The van der Waals surface area contributed by atoms with Gasteiger partial charge in [0.25, 0.3) is 5.56 Å². The third-order valence-electron chi connectivity index (χ3n) is 5.03. The van der Waals surface area contributed by atoms with E-state index in [1.165, 1.54) is 0 Å². The predicted octanol–water partition coefficient (Wildman–Crippen LogP) is 3.24. The molecule has 3 aromatic rings. The van der Waals surface area contributed by atoms with Crippen molar-refractivity contribution in [3.63, 3.8) is 0 Å². The Morgan fingerprint density at radius 2 is 1.89 bits per heavy atom. The summed E-state index contributed by atoms with van der Waals surface area (Å²) in [5, 5.41) is 0. The number of fused-ring (bicyclic) bond motifs is 1. The average molecular weight is 359 g/mol. The van der Waals surface area contributed by atoms with Gasteiger partial charge in [-0.1, -0.05) is 18.2 Å². The smallest absolute Gasteiger partial charge is 0.253 e. The van der Waals surface area contributed by atoms with Crippen LogP contribution >= 0.6 is 0 Å². The lowest BCUT2D eigenvalue weighted by atomic mass is 9.96. The standard InChI is InChI=1S/C22H21N3O2/c1-15-11-18(13-24(2)22(15)27)17-7-6-16-8-9-21(26)25(20(16)12-17)14-19-5-3-4-10-23-19/h3-7,10-13H,8-9,14H2,1-2H3. The first-order chi connectivity index (χ1) is 13.0. The second-order valence-corrected chi connectivity index (χ2v) is 6.97. The van der Waals surface area contributed by atoms with Gasteiger partial charge in [-0.15, -0.1) is 0 Å². The van der Waals surface area contributed by atoms with Gasteiger partial charge in [0.15, 0.2) is 0 Å². The highest BCUT2D eigenvalue weighted by molar-refractivity contribution is 5.97. The zero-order valence-electron chi connectivity index (χ0n) is 15.5. The van der Waals surface area contributed by atoms with Crippen molar-refractivity contribution in [1.82, 2.24) is 9.55 Å². The molecule has 1 aliphatic rings. The first kappa shape index (κ1) is 17.2. The van der Waals surface area contributed by atoms with Crippen molar-refractivity contribution in [2.24, 2.45) is 7.05 Å². The van der Waals surface area contributed by atoms with E-state index < -0.39 is 0 Å². The summed E-state index contributed by atoms with van der Waals surface area (Å²) in [5.41, 5.74) is 5.62. The maximum Gasteiger partial charge on any atom is 0.253 e. The summed E-state index contributed by atoms with van der Waals surface area (Å²) in [6.07, 6.45) is 4.84. The van der Waals surface area contributed by atoms with Gasteiger partial charge in [-0.3, -0.25) is 14.6 Å². The number of nitrogens with zero attached hydrogens (tertiary/aromatic N) is 3. The number of aromatic nitrogens is 2. The third-order valence-corrected chi connectivity index (χ3v) is 5.03. The number of rotatable bonds is 3. The van der Waals surface area contributed by atoms with Crippen LogP contribution in [0.1, 0.15) is 23.2 Å². The average Bonchev–Trinajstić information content (AvgIpc) is 2.68. The molecule has 1 aliphatic heterocycles. The van der Waals surface area contributed by atoms with Gasteiger partial charge in [0.1, 0.15) is 0 Å². The molecule has 0 N–H and O–H groups in total. The minimum Gasteiger partial charge on any atom is -0.318 e. The fourth-order valence-electron chi connectivity index (χ4n) is 3.58. The molecule has 3 heterocycles. The van der Waals surface area contributed by atoms with Gasteiger partial charge in [0.05, 0.1) is 12.2 Å². The van der Waals surface area contributed by atoms with Gasteiger partial charge in [-0.2, -0.15) is 0 Å². The number of carbonyl (C=O) groups is 1. The van der Waals surface area contributed by atoms with E-state index in [2.05, 4.69) is 23.2 Å². The summed E-state index contributed by atoms with van der Waals surface area (Å²) in [5.74, 6) is 0.113. The Labute approximate surface area is 157 Å². The molecule has 0 radical (unpaired) electrons. The molecule has 1 amide bonds. The molecule has 27 heavy (non-hydrogen) atoms. The van der Waals surface area contributed by atoms with Crippen molar-refractivity contribution in [2.45, 2.75) is 26.3 Å². The van der Waals surface area contributed by atoms with Gasteiger partial charge in [0, 0.05) is 37.1 Å². The van der Waals surface area contributed by atoms with Crippen molar-refractivity contribution < 1.29 is 4.79 Å². The molecule has 5 heteroatoms. The Balaban J connectivity index is 1.77. The summed E-state index contributed by atoms with van der Waals surface area (Å²) in [6.45, 7) is 2.28. The van der Waals surface area contributed by atoms with Crippen molar-refractivity contribution >= 4 is 11.6 Å². The zero-order chi connectivity index (χ0) is 19.0. The number of aryl methyl sites for hydroxylation is 3. The Bertz CT molecular complexity index is 1040. The molecule has 0 bridgehead atoms. The highest BCUT2D eigenvalue weighted by atomic mass is 16.2. The zero-order valence-corrected chi connectivity index (χ0v) is 15.5. The molecule has 0 spiro atoms. The second kappa shape index (κ2) is 6.83. The summed E-state index contributed by atoms with van der Waals surface area (Å²) >= 11 is 0. The van der Waals surface area contributed by atoms with Gasteiger partial charge < -0.3 is 9.47 Å². The van der Waals surface area contributed by atoms with Gasteiger partial charge in [0.2, 0.25) is 5.91 Å². The van der Waals surface area contributed by atoms with E-state index in [-0.39, 0.29) is 11.5 Å². The number of benzene rings is 1. The Hall–Kier alpha value is -3.21. The minimum atomic E-state index is 0.00339. The highest BCUT2D eigenvalue weighted by Crippen LogP contribution is 2.33. The van der Waals surface area contributed by atoms with Crippen LogP contribution in [-0.2, 0) is 24.8 Å². The van der Waals surface area contributed by atoms with E-state index in [9.17, 15) is 9.59 Å². The second-order valence-electron chi connectivity index (χ2n) is 6.97. The molecule has 136 valence electrons. The van der Waals surface area contributed by atoms with Crippen LogP contribution in [0.15, 0.2) is 59.7 Å². The molecule has 5 nitrogen and oxygen atoms in total. The number of amides is 1. The normalized spacial score (nSPS) is 13.6. The van der Waals surface area contributed by atoms with E-state index in [4.69, 9.17) is 0 Å². The van der Waals surface area contributed by atoms with E-state index >= 15 is 0 Å². The molecule has 0 fully saturated rings. The van der Waals surface area contributed by atoms with E-state index in [1.807, 2.05) is 42.3 Å². The largest absolute Gasteiger partial charge is 0.318 e. The lowest BCUT2D eigenvalue weighted by molar-refractivity contribution is -0.119. The summed E-state index contributed by atoms with van der Waals surface area (Å²) in [7, 11) is 1.76. The van der Waals surface area contributed by atoms with E-state index in [0.29, 0.717) is 18.5 Å². The van der Waals surface area contributed by atoms with Crippen LogP contribution in [0.3, 0.4) is 0 Å². The SMILES string of the molecule is Cc1cc(-c2ccc3c(c2)N(Cc2ccccn2)C(=O)CC3)cn(C)c1=O. The molecule has 2 aromatic heterocycles. The molecule has 0 saturated heterocycles. The molecular weight excluding hydrogens is 338 g/mol. The predicted molar refractivity (Wildman–Crippen MR) is 106 cm³/mol. The Morgan fingerprint density at radius 3 is 2.63 bits per heavy atom. The number of hydrogen-bond acceptors (Lipinski definition) is 3. The minimum absolute atomic E-state index is 0.00339. The number of carbonyl (C=O) groups excluding carboxylic acids is 1. The van der Waals surface area contributed by atoms with Crippen LogP contribution in [-0.4, -0.2) is 15.5 Å². The summed E-state index contributed by atoms with van der Waals surface area (Å²) in [4.78, 5) is 30.8. The van der Waals surface area contributed by atoms with Gasteiger partial charge >= 0.3 is 0 Å². The topological polar surface area (TPSA) is 55.2 Å². The Kier molecular flexibility index (Phi) is 4.36. The number of pyridine rings is 2. The first-order valence-corrected chi connectivity index (χ1v) is 9.04. The quantitative estimate of drug-likeness (QED) is 0.721. The molecular formula is C22H21N3O2. The van der Waals surface area contributed by atoms with Crippen LogP contribution < -0.4 is 10.5 Å². The van der Waals surface area contributed by atoms with Crippen LogP contribution in [0.2, 0.25) is 0 Å². The van der Waals surface area contributed by atoms with Crippen LogP contribution in [0, 0.1) is 6.92 Å². The number of hydrogen-bond donors (Lipinski definition) is 0. The van der Waals surface area contributed by atoms with Crippen molar-refractivity contribution in [3.05, 3.63) is 82.0 Å². The third kappa shape index (κ3) is 3.28. The Morgan fingerprint density at radius 1 is 1.04 bits per heavy atom. The van der Waals surface area contributed by atoms with Crippen LogP contribution in [0.25, 0.3) is 11.1 Å². The van der Waals surface area contributed by atoms with Crippen molar-refractivity contribution in [1.29, 1.82) is 0 Å². The van der Waals surface area contributed by atoms with Crippen molar-refractivity contribution in [3.8, 4) is 11.1 Å². The molecule has 0 unspecified atom stereocenters. The lowest BCUT2D eigenvalue weighted by Gasteiger charge is -2.30. The van der Waals surface area contributed by atoms with E-state index in [0.717, 1.165) is 34.5 Å². The fourth-order valence-corrected chi connectivity index (χ4v) is 3.58. The lowest BCUT2D eigenvalue weighted by Crippen LogP contribution is -2.34. The molecule has 0 aliphatic carbocycles. The highest BCUT2D eigenvalue weighted by Gasteiger charge is 2.25. The molecule has 0 saturated carbocycles. The molecule has 0 atom stereocenters. The van der Waals surface area contributed by atoms with Crippen LogP contribution in [0.5, 0.6) is 0 Å².